The Morgan fingerprint density at radius 2 is 2.00 bits per heavy atom. The summed E-state index contributed by atoms with van der Waals surface area (Å²) in [6.07, 6.45) is 1.66. The van der Waals surface area contributed by atoms with Crippen LogP contribution in [-0.4, -0.2) is 17.3 Å². The van der Waals surface area contributed by atoms with Crippen LogP contribution in [0.3, 0.4) is 0 Å². The quantitative estimate of drug-likeness (QED) is 0.823. The molecule has 0 amide bonds. The van der Waals surface area contributed by atoms with E-state index in [9.17, 15) is 9.50 Å². The van der Waals surface area contributed by atoms with Gasteiger partial charge in [0.05, 0.1) is 6.61 Å². The number of hydrogen-bond donors (Lipinski definition) is 2. The van der Waals surface area contributed by atoms with Gasteiger partial charge in [-0.2, -0.15) is 0 Å². The van der Waals surface area contributed by atoms with Crippen LogP contribution in [0.4, 0.5) is 4.39 Å². The van der Waals surface area contributed by atoms with Crippen molar-refractivity contribution in [3.05, 3.63) is 34.6 Å². The van der Waals surface area contributed by atoms with Crippen molar-refractivity contribution in [2.45, 2.75) is 38.8 Å². The zero-order chi connectivity index (χ0) is 12.9. The molecule has 0 bridgehead atoms. The second kappa shape index (κ2) is 6.34. The van der Waals surface area contributed by atoms with Crippen LogP contribution in [0.5, 0.6) is 0 Å². The zero-order valence-corrected chi connectivity index (χ0v) is 11.0. The maximum absolute atomic E-state index is 12.9. The van der Waals surface area contributed by atoms with E-state index in [0.29, 0.717) is 11.6 Å². The highest BCUT2D eigenvalue weighted by Gasteiger charge is 2.24. The van der Waals surface area contributed by atoms with Gasteiger partial charge in [0.25, 0.3) is 0 Å². The maximum Gasteiger partial charge on any atom is 0.124 e. The molecule has 1 rings (SSSR count). The minimum Gasteiger partial charge on any atom is -0.394 e. The van der Waals surface area contributed by atoms with Crippen molar-refractivity contribution in [2.24, 2.45) is 0 Å². The second-order valence-electron chi connectivity index (χ2n) is 4.23. The van der Waals surface area contributed by atoms with E-state index >= 15 is 0 Å². The van der Waals surface area contributed by atoms with Gasteiger partial charge >= 0.3 is 0 Å². The van der Waals surface area contributed by atoms with E-state index in [-0.39, 0.29) is 18.0 Å². The Morgan fingerprint density at radius 1 is 1.35 bits per heavy atom. The standard InChI is InChI=1S/C13H19ClFNO/c1-3-13(4-2,9-17)16-8-10-5-6-11(15)7-12(10)14/h5-7,16-17H,3-4,8-9H2,1-2H3. The van der Waals surface area contributed by atoms with Crippen LogP contribution >= 0.6 is 11.6 Å². The third kappa shape index (κ3) is 3.66. The third-order valence-electron chi connectivity index (χ3n) is 3.33. The SMILES string of the molecule is CCC(CC)(CO)NCc1ccc(F)cc1Cl. The van der Waals surface area contributed by atoms with Crippen molar-refractivity contribution in [1.29, 1.82) is 0 Å². The number of hydrogen-bond acceptors (Lipinski definition) is 2. The Kier molecular flexibility index (Phi) is 5.37. The van der Waals surface area contributed by atoms with E-state index in [1.54, 1.807) is 6.07 Å². The smallest absolute Gasteiger partial charge is 0.124 e. The first kappa shape index (κ1) is 14.4. The van der Waals surface area contributed by atoms with Gasteiger partial charge in [-0.15, -0.1) is 0 Å². The molecule has 0 saturated carbocycles. The summed E-state index contributed by atoms with van der Waals surface area (Å²) in [4.78, 5) is 0. The summed E-state index contributed by atoms with van der Waals surface area (Å²) in [5.74, 6) is -0.335. The number of halogens is 2. The van der Waals surface area contributed by atoms with Crippen molar-refractivity contribution < 1.29 is 9.50 Å². The number of aliphatic hydroxyl groups is 1. The van der Waals surface area contributed by atoms with Crippen LogP contribution in [-0.2, 0) is 6.54 Å². The fraction of sp³-hybridized carbons (Fsp3) is 0.538. The first-order valence-corrected chi connectivity index (χ1v) is 6.24. The molecule has 0 spiro atoms. The molecule has 0 saturated heterocycles. The van der Waals surface area contributed by atoms with Gasteiger partial charge in [0.2, 0.25) is 0 Å². The minimum atomic E-state index is -0.335. The van der Waals surface area contributed by atoms with Crippen molar-refractivity contribution in [3.63, 3.8) is 0 Å². The van der Waals surface area contributed by atoms with Gasteiger partial charge < -0.3 is 10.4 Å². The lowest BCUT2D eigenvalue weighted by molar-refractivity contribution is 0.149. The van der Waals surface area contributed by atoms with Crippen LogP contribution < -0.4 is 5.32 Å². The molecule has 17 heavy (non-hydrogen) atoms. The molecule has 0 radical (unpaired) electrons. The molecule has 0 aromatic heterocycles. The lowest BCUT2D eigenvalue weighted by atomic mass is 9.93. The average Bonchev–Trinajstić information content (AvgIpc) is 2.33. The van der Waals surface area contributed by atoms with Gasteiger partial charge in [-0.1, -0.05) is 31.5 Å². The summed E-state index contributed by atoms with van der Waals surface area (Å²) >= 11 is 5.95. The largest absolute Gasteiger partial charge is 0.394 e. The second-order valence-corrected chi connectivity index (χ2v) is 4.64. The van der Waals surface area contributed by atoms with Gasteiger partial charge in [-0.3, -0.25) is 0 Å². The van der Waals surface area contributed by atoms with E-state index in [1.165, 1.54) is 12.1 Å². The fourth-order valence-electron chi connectivity index (χ4n) is 1.73. The predicted molar refractivity (Wildman–Crippen MR) is 68.6 cm³/mol. The molecule has 1 aromatic carbocycles. The topological polar surface area (TPSA) is 32.3 Å². The first-order chi connectivity index (χ1) is 8.06. The molecule has 0 aliphatic carbocycles. The molecule has 0 aliphatic rings. The van der Waals surface area contributed by atoms with Crippen molar-refractivity contribution in [2.75, 3.05) is 6.61 Å². The fourth-order valence-corrected chi connectivity index (χ4v) is 1.96. The van der Waals surface area contributed by atoms with Gasteiger partial charge in [-0.25, -0.2) is 4.39 Å². The Hall–Kier alpha value is -0.640. The lowest BCUT2D eigenvalue weighted by Crippen LogP contribution is -2.47. The maximum atomic E-state index is 12.9. The predicted octanol–water partition coefficient (Wildman–Crippen LogP) is 3.12. The molecule has 1 aromatic rings. The van der Waals surface area contributed by atoms with E-state index in [4.69, 9.17) is 11.6 Å². The molecular formula is C13H19ClFNO. The van der Waals surface area contributed by atoms with Gasteiger partial charge in [-0.05, 0) is 30.5 Å². The Bertz CT molecular complexity index is 358. The van der Waals surface area contributed by atoms with Gasteiger partial charge in [0.1, 0.15) is 5.82 Å². The monoisotopic (exact) mass is 259 g/mol. The van der Waals surface area contributed by atoms with Crippen molar-refractivity contribution >= 4 is 11.6 Å². The molecule has 4 heteroatoms. The minimum absolute atomic E-state index is 0.0822. The number of nitrogens with one attached hydrogen (secondary N) is 1. The Balaban J connectivity index is 2.72. The summed E-state index contributed by atoms with van der Waals surface area (Å²) in [5, 5.41) is 13.1. The van der Waals surface area contributed by atoms with Crippen molar-refractivity contribution in [3.8, 4) is 0 Å². The van der Waals surface area contributed by atoms with Gasteiger partial charge in [0, 0.05) is 17.1 Å². The van der Waals surface area contributed by atoms with E-state index in [1.807, 2.05) is 13.8 Å². The Labute approximate surface area is 107 Å². The van der Waals surface area contributed by atoms with E-state index in [2.05, 4.69) is 5.32 Å². The van der Waals surface area contributed by atoms with E-state index < -0.39 is 0 Å². The summed E-state index contributed by atoms with van der Waals surface area (Å²) in [6.45, 7) is 4.66. The summed E-state index contributed by atoms with van der Waals surface area (Å²) in [6, 6.07) is 4.36. The first-order valence-electron chi connectivity index (χ1n) is 5.86. The molecule has 2 nitrogen and oxygen atoms in total. The van der Waals surface area contributed by atoms with Crippen LogP contribution in [0, 0.1) is 5.82 Å². The van der Waals surface area contributed by atoms with Crippen LogP contribution in [0.2, 0.25) is 5.02 Å². The summed E-state index contributed by atoms with van der Waals surface area (Å²) in [7, 11) is 0. The molecular weight excluding hydrogens is 241 g/mol. The number of aliphatic hydroxyl groups excluding tert-OH is 1. The molecule has 0 heterocycles. The molecule has 0 atom stereocenters. The lowest BCUT2D eigenvalue weighted by Gasteiger charge is -2.31. The van der Waals surface area contributed by atoms with E-state index in [0.717, 1.165) is 18.4 Å². The molecule has 0 aliphatic heterocycles. The van der Waals surface area contributed by atoms with Gasteiger partial charge in [0.15, 0.2) is 0 Å². The highest BCUT2D eigenvalue weighted by atomic mass is 35.5. The normalized spacial score (nSPS) is 11.8. The third-order valence-corrected chi connectivity index (χ3v) is 3.68. The van der Waals surface area contributed by atoms with Crippen LogP contribution in [0.25, 0.3) is 0 Å². The van der Waals surface area contributed by atoms with Crippen LogP contribution in [0.15, 0.2) is 18.2 Å². The summed E-state index contributed by atoms with van der Waals surface area (Å²) in [5.41, 5.74) is 0.561. The Morgan fingerprint density at radius 3 is 2.47 bits per heavy atom. The average molecular weight is 260 g/mol. The molecule has 2 N–H and O–H groups in total. The molecule has 0 unspecified atom stereocenters. The molecule has 0 fully saturated rings. The number of benzene rings is 1. The summed E-state index contributed by atoms with van der Waals surface area (Å²) < 4.78 is 12.9. The number of rotatable bonds is 6. The highest BCUT2D eigenvalue weighted by Crippen LogP contribution is 2.20. The van der Waals surface area contributed by atoms with Crippen LogP contribution in [0.1, 0.15) is 32.3 Å². The zero-order valence-electron chi connectivity index (χ0n) is 10.3. The molecule has 96 valence electrons. The highest BCUT2D eigenvalue weighted by molar-refractivity contribution is 6.31. The van der Waals surface area contributed by atoms with Crippen molar-refractivity contribution in [1.82, 2.24) is 5.32 Å².